The number of benzene rings is 1. The van der Waals surface area contributed by atoms with Crippen LogP contribution in [0.25, 0.3) is 0 Å². The van der Waals surface area contributed by atoms with Crippen LogP contribution in [0.15, 0.2) is 42.6 Å². The number of carbonyl (C=O) groups excluding carboxylic acids is 2. The molecule has 4 rings (SSSR count). The molecule has 7 heteroatoms. The summed E-state index contributed by atoms with van der Waals surface area (Å²) in [6, 6.07) is 11.4. The van der Waals surface area contributed by atoms with Crippen molar-refractivity contribution in [3.8, 4) is 5.88 Å². The molecule has 1 N–H and O–H groups in total. The maximum atomic E-state index is 12.8. The Kier molecular flexibility index (Phi) is 7.24. The summed E-state index contributed by atoms with van der Waals surface area (Å²) < 4.78 is 5.89. The fourth-order valence-electron chi connectivity index (χ4n) is 4.34. The molecule has 1 aliphatic heterocycles. The number of pyridine rings is 1. The van der Waals surface area contributed by atoms with Gasteiger partial charge < -0.3 is 19.9 Å². The summed E-state index contributed by atoms with van der Waals surface area (Å²) in [7, 11) is 0. The van der Waals surface area contributed by atoms with Gasteiger partial charge in [0.05, 0.1) is 0 Å². The van der Waals surface area contributed by atoms with Gasteiger partial charge in [0, 0.05) is 50.6 Å². The van der Waals surface area contributed by atoms with Crippen molar-refractivity contribution in [3.05, 3.63) is 59.3 Å². The lowest BCUT2D eigenvalue weighted by molar-refractivity contribution is 0.0762. The first kappa shape index (κ1) is 22.1. The molecule has 1 aliphatic carbocycles. The predicted octanol–water partition coefficient (Wildman–Crippen LogP) is 3.77. The SMILES string of the molecule is Cc1cccc(C(=O)N2CCCN(C(=O)NCc3ccc(OC4CCCC4)nc3)CC2)c1. The van der Waals surface area contributed by atoms with E-state index in [9.17, 15) is 9.59 Å². The number of nitrogens with one attached hydrogen (secondary N) is 1. The number of rotatable bonds is 5. The van der Waals surface area contributed by atoms with Crippen molar-refractivity contribution >= 4 is 11.9 Å². The zero-order valence-corrected chi connectivity index (χ0v) is 18.8. The molecule has 0 radical (unpaired) electrons. The third-order valence-corrected chi connectivity index (χ3v) is 6.17. The van der Waals surface area contributed by atoms with Gasteiger partial charge in [-0.05, 0) is 56.7 Å². The molecule has 7 nitrogen and oxygen atoms in total. The third-order valence-electron chi connectivity index (χ3n) is 6.17. The first-order valence-electron chi connectivity index (χ1n) is 11.6. The molecule has 0 bridgehead atoms. The second-order valence-electron chi connectivity index (χ2n) is 8.69. The number of hydrogen-bond donors (Lipinski definition) is 1. The number of carbonyl (C=O) groups is 2. The van der Waals surface area contributed by atoms with Gasteiger partial charge in [0.2, 0.25) is 5.88 Å². The highest BCUT2D eigenvalue weighted by Crippen LogP contribution is 2.22. The van der Waals surface area contributed by atoms with Gasteiger partial charge in [0.15, 0.2) is 0 Å². The second kappa shape index (κ2) is 10.5. The van der Waals surface area contributed by atoms with Gasteiger partial charge in [-0.1, -0.05) is 23.8 Å². The average molecular weight is 437 g/mol. The molecule has 2 fully saturated rings. The molecule has 1 saturated carbocycles. The zero-order chi connectivity index (χ0) is 22.3. The highest BCUT2D eigenvalue weighted by Gasteiger charge is 2.23. The molecule has 170 valence electrons. The highest BCUT2D eigenvalue weighted by molar-refractivity contribution is 5.94. The number of aryl methyl sites for hydroxylation is 1. The Hall–Kier alpha value is -3.09. The van der Waals surface area contributed by atoms with Gasteiger partial charge in [-0.15, -0.1) is 0 Å². The number of urea groups is 1. The van der Waals surface area contributed by atoms with Crippen molar-refractivity contribution in [2.24, 2.45) is 0 Å². The molecule has 0 unspecified atom stereocenters. The van der Waals surface area contributed by atoms with E-state index in [1.54, 1.807) is 11.1 Å². The minimum atomic E-state index is -0.110. The Morgan fingerprint density at radius 2 is 1.81 bits per heavy atom. The van der Waals surface area contributed by atoms with Crippen molar-refractivity contribution in [1.29, 1.82) is 0 Å². The second-order valence-corrected chi connectivity index (χ2v) is 8.69. The summed E-state index contributed by atoms with van der Waals surface area (Å²) in [5.41, 5.74) is 2.71. The molecular formula is C25H32N4O3. The lowest BCUT2D eigenvalue weighted by atomic mass is 10.1. The number of nitrogens with zero attached hydrogens (tertiary/aromatic N) is 3. The number of aromatic nitrogens is 1. The summed E-state index contributed by atoms with van der Waals surface area (Å²) >= 11 is 0. The molecule has 1 saturated heterocycles. The first-order valence-corrected chi connectivity index (χ1v) is 11.6. The fourth-order valence-corrected chi connectivity index (χ4v) is 4.34. The molecule has 32 heavy (non-hydrogen) atoms. The summed E-state index contributed by atoms with van der Waals surface area (Å²) in [4.78, 5) is 33.5. The van der Waals surface area contributed by atoms with E-state index >= 15 is 0 Å². The minimum Gasteiger partial charge on any atom is -0.474 e. The standard InChI is InChI=1S/C25H32N4O3/c1-19-6-4-7-21(16-19)24(30)28-12-5-13-29(15-14-28)25(31)27-18-20-10-11-23(26-17-20)32-22-8-2-3-9-22/h4,6-7,10-11,16-17,22H,2-3,5,8-9,12-15,18H2,1H3,(H,27,31). The van der Waals surface area contributed by atoms with Crippen LogP contribution in [0, 0.1) is 6.92 Å². The lowest BCUT2D eigenvalue weighted by Gasteiger charge is -2.22. The number of ether oxygens (including phenoxy) is 1. The predicted molar refractivity (Wildman–Crippen MR) is 123 cm³/mol. The molecule has 1 aromatic carbocycles. The number of amides is 3. The molecule has 1 aromatic heterocycles. The normalized spacial score (nSPS) is 17.2. The minimum absolute atomic E-state index is 0.0296. The van der Waals surface area contributed by atoms with E-state index in [0.29, 0.717) is 44.2 Å². The quantitative estimate of drug-likeness (QED) is 0.774. The van der Waals surface area contributed by atoms with Crippen LogP contribution < -0.4 is 10.1 Å². The van der Waals surface area contributed by atoms with Gasteiger partial charge in [0.25, 0.3) is 5.91 Å². The van der Waals surface area contributed by atoms with Crippen molar-refractivity contribution in [1.82, 2.24) is 20.1 Å². The van der Waals surface area contributed by atoms with E-state index < -0.39 is 0 Å². The van der Waals surface area contributed by atoms with Gasteiger partial charge in [0.1, 0.15) is 6.10 Å². The third kappa shape index (κ3) is 5.78. The topological polar surface area (TPSA) is 74.8 Å². The first-order chi connectivity index (χ1) is 15.6. The maximum absolute atomic E-state index is 12.8. The highest BCUT2D eigenvalue weighted by atomic mass is 16.5. The summed E-state index contributed by atoms with van der Waals surface area (Å²) in [5, 5.41) is 2.97. The van der Waals surface area contributed by atoms with Gasteiger partial charge in [-0.3, -0.25) is 4.79 Å². The van der Waals surface area contributed by atoms with Crippen molar-refractivity contribution in [3.63, 3.8) is 0 Å². The Morgan fingerprint density at radius 3 is 2.56 bits per heavy atom. The molecular weight excluding hydrogens is 404 g/mol. The van der Waals surface area contributed by atoms with Gasteiger partial charge >= 0.3 is 6.03 Å². The summed E-state index contributed by atoms with van der Waals surface area (Å²) in [5.74, 6) is 0.680. The molecule has 0 atom stereocenters. The monoisotopic (exact) mass is 436 g/mol. The van der Waals surface area contributed by atoms with Crippen molar-refractivity contribution < 1.29 is 14.3 Å². The van der Waals surface area contributed by atoms with Crippen LogP contribution in [0.5, 0.6) is 5.88 Å². The molecule has 3 amide bonds. The molecule has 2 aliphatic rings. The van der Waals surface area contributed by atoms with Crippen LogP contribution in [0.2, 0.25) is 0 Å². The zero-order valence-electron chi connectivity index (χ0n) is 18.8. The average Bonchev–Trinajstić information content (AvgIpc) is 3.19. The van der Waals surface area contributed by atoms with Crippen LogP contribution in [0.1, 0.15) is 53.6 Å². The number of hydrogen-bond acceptors (Lipinski definition) is 4. The molecule has 2 heterocycles. The van der Waals surface area contributed by atoms with E-state index in [1.165, 1.54) is 12.8 Å². The van der Waals surface area contributed by atoms with E-state index in [-0.39, 0.29) is 18.0 Å². The maximum Gasteiger partial charge on any atom is 0.317 e. The fraction of sp³-hybridized carbons (Fsp3) is 0.480. The van der Waals surface area contributed by atoms with E-state index in [1.807, 2.05) is 48.2 Å². The van der Waals surface area contributed by atoms with E-state index in [2.05, 4.69) is 10.3 Å². The Morgan fingerprint density at radius 1 is 1.03 bits per heavy atom. The Labute approximate surface area is 189 Å². The van der Waals surface area contributed by atoms with Crippen LogP contribution >= 0.6 is 0 Å². The Balaban J connectivity index is 1.24. The van der Waals surface area contributed by atoms with Crippen LogP contribution in [0.3, 0.4) is 0 Å². The van der Waals surface area contributed by atoms with Gasteiger partial charge in [-0.25, -0.2) is 9.78 Å². The van der Waals surface area contributed by atoms with E-state index in [0.717, 1.165) is 30.4 Å². The molecule has 0 spiro atoms. The summed E-state index contributed by atoms with van der Waals surface area (Å²) in [6.45, 7) is 4.75. The molecule has 2 aromatic rings. The van der Waals surface area contributed by atoms with E-state index in [4.69, 9.17) is 4.74 Å². The lowest BCUT2D eigenvalue weighted by Crippen LogP contribution is -2.42. The smallest absolute Gasteiger partial charge is 0.317 e. The van der Waals surface area contributed by atoms with Crippen LogP contribution in [-0.4, -0.2) is 59.0 Å². The van der Waals surface area contributed by atoms with Gasteiger partial charge in [-0.2, -0.15) is 0 Å². The summed E-state index contributed by atoms with van der Waals surface area (Å²) in [6.07, 6.45) is 7.46. The van der Waals surface area contributed by atoms with Crippen molar-refractivity contribution in [2.75, 3.05) is 26.2 Å². The van der Waals surface area contributed by atoms with Crippen LogP contribution in [-0.2, 0) is 6.54 Å². The largest absolute Gasteiger partial charge is 0.474 e. The van der Waals surface area contributed by atoms with Crippen molar-refractivity contribution in [2.45, 2.75) is 51.7 Å². The van der Waals surface area contributed by atoms with Crippen LogP contribution in [0.4, 0.5) is 4.79 Å². The Bertz CT molecular complexity index is 925.